The molecule has 0 saturated heterocycles. The molecular weight excluding hydrogens is 438 g/mol. The quantitative estimate of drug-likeness (QED) is 0.678. The van der Waals surface area contributed by atoms with E-state index in [0.717, 1.165) is 19.4 Å². The van der Waals surface area contributed by atoms with Gasteiger partial charge in [0, 0.05) is 16.9 Å². The van der Waals surface area contributed by atoms with Crippen molar-refractivity contribution in [1.29, 1.82) is 0 Å². The number of benzene rings is 1. The highest BCUT2D eigenvalue weighted by atomic mass is 79.9. The van der Waals surface area contributed by atoms with Crippen molar-refractivity contribution in [2.75, 3.05) is 18.7 Å². The summed E-state index contributed by atoms with van der Waals surface area (Å²) in [7, 11) is -3.30. The maximum Gasteiger partial charge on any atom is 0.341 e. The number of rotatable bonds is 5. The Labute approximate surface area is 155 Å². The predicted octanol–water partition coefficient (Wildman–Crippen LogP) is 2.82. The summed E-state index contributed by atoms with van der Waals surface area (Å²) in [5, 5.41) is 2.42. The van der Waals surface area contributed by atoms with Crippen LogP contribution < -0.4 is 10.9 Å². The average molecular weight is 451 g/mol. The van der Waals surface area contributed by atoms with Crippen molar-refractivity contribution in [2.45, 2.75) is 5.50 Å². The van der Waals surface area contributed by atoms with E-state index in [1.165, 1.54) is 12.1 Å². The van der Waals surface area contributed by atoms with Crippen LogP contribution in [0.5, 0.6) is 0 Å². The number of carbonyl (C=O) groups excluding carboxylic acids is 1. The standard InChI is InChI=1S/C15H13BrF2N2O5S/c1-25-15(22)8-6-19-14(21)11(13(18)26(2,23)24)12(8)20-10-4-3-7(16)5-9(10)17/h3-6,13H,1-2H3,(H2,19,20,21). The maximum absolute atomic E-state index is 14.5. The van der Waals surface area contributed by atoms with Gasteiger partial charge in [-0.1, -0.05) is 15.9 Å². The van der Waals surface area contributed by atoms with E-state index in [1.54, 1.807) is 0 Å². The number of carbonyl (C=O) groups is 1. The van der Waals surface area contributed by atoms with Crippen molar-refractivity contribution in [3.05, 3.63) is 56.2 Å². The molecule has 0 aliphatic heterocycles. The van der Waals surface area contributed by atoms with E-state index >= 15 is 0 Å². The zero-order valence-corrected chi connectivity index (χ0v) is 15.9. The molecule has 2 aromatic rings. The average Bonchev–Trinajstić information content (AvgIpc) is 2.55. The Morgan fingerprint density at radius 2 is 2.04 bits per heavy atom. The van der Waals surface area contributed by atoms with Crippen molar-refractivity contribution < 1.29 is 26.7 Å². The van der Waals surface area contributed by atoms with Crippen molar-refractivity contribution in [3.63, 3.8) is 0 Å². The first-order chi connectivity index (χ1) is 12.1. The van der Waals surface area contributed by atoms with Gasteiger partial charge < -0.3 is 15.0 Å². The molecular formula is C15H13BrF2N2O5S. The molecule has 1 aromatic heterocycles. The highest BCUT2D eigenvalue weighted by Gasteiger charge is 2.31. The molecule has 1 heterocycles. The lowest BCUT2D eigenvalue weighted by Gasteiger charge is -2.17. The second-order valence-electron chi connectivity index (χ2n) is 5.21. The van der Waals surface area contributed by atoms with Gasteiger partial charge in [0.25, 0.3) is 5.56 Å². The van der Waals surface area contributed by atoms with Gasteiger partial charge in [-0.3, -0.25) is 4.79 Å². The van der Waals surface area contributed by atoms with Crippen LogP contribution >= 0.6 is 15.9 Å². The molecule has 0 aliphatic carbocycles. The highest BCUT2D eigenvalue weighted by Crippen LogP contribution is 2.33. The Morgan fingerprint density at radius 3 is 2.58 bits per heavy atom. The molecule has 2 N–H and O–H groups in total. The SMILES string of the molecule is COC(=O)c1c[nH]c(=O)c(C(F)S(C)(=O)=O)c1Nc1ccc(Br)cc1F. The molecule has 0 aliphatic rings. The fourth-order valence-electron chi connectivity index (χ4n) is 2.11. The number of anilines is 2. The van der Waals surface area contributed by atoms with Crippen LogP contribution in [-0.2, 0) is 14.6 Å². The van der Waals surface area contributed by atoms with Crippen LogP contribution in [-0.4, -0.2) is 32.7 Å². The minimum atomic E-state index is -4.34. The predicted molar refractivity (Wildman–Crippen MR) is 94.5 cm³/mol. The Hall–Kier alpha value is -2.27. The first kappa shape index (κ1) is 20.0. The summed E-state index contributed by atoms with van der Waals surface area (Å²) in [4.78, 5) is 26.1. The van der Waals surface area contributed by atoms with Gasteiger partial charge in [0.1, 0.15) is 5.82 Å². The van der Waals surface area contributed by atoms with Crippen molar-refractivity contribution >= 4 is 43.1 Å². The van der Waals surface area contributed by atoms with Crippen LogP contribution in [0.25, 0.3) is 0 Å². The number of aromatic amines is 1. The third-order valence-electron chi connectivity index (χ3n) is 3.33. The first-order valence-electron chi connectivity index (χ1n) is 6.95. The van der Waals surface area contributed by atoms with Crippen LogP contribution in [0.3, 0.4) is 0 Å². The lowest BCUT2D eigenvalue weighted by Crippen LogP contribution is -2.23. The topological polar surface area (TPSA) is 105 Å². The largest absolute Gasteiger partial charge is 0.465 e. The van der Waals surface area contributed by atoms with E-state index in [1.807, 2.05) is 0 Å². The van der Waals surface area contributed by atoms with Crippen LogP contribution in [0.15, 0.2) is 33.7 Å². The zero-order valence-electron chi connectivity index (χ0n) is 13.5. The number of hydrogen-bond donors (Lipinski definition) is 2. The lowest BCUT2D eigenvalue weighted by molar-refractivity contribution is 0.0601. The van der Waals surface area contributed by atoms with Gasteiger partial charge in [-0.25, -0.2) is 22.0 Å². The smallest absolute Gasteiger partial charge is 0.341 e. The second-order valence-corrected chi connectivity index (χ2v) is 8.20. The lowest BCUT2D eigenvalue weighted by atomic mass is 10.1. The van der Waals surface area contributed by atoms with Crippen LogP contribution in [0, 0.1) is 5.82 Å². The molecule has 0 saturated carbocycles. The summed E-state index contributed by atoms with van der Waals surface area (Å²) in [5.74, 6) is -1.76. The minimum Gasteiger partial charge on any atom is -0.465 e. The van der Waals surface area contributed by atoms with E-state index in [-0.39, 0.29) is 11.3 Å². The molecule has 0 radical (unpaired) electrons. The Morgan fingerprint density at radius 1 is 1.38 bits per heavy atom. The summed E-state index contributed by atoms with van der Waals surface area (Å²) in [6, 6.07) is 3.81. The van der Waals surface area contributed by atoms with E-state index in [4.69, 9.17) is 0 Å². The number of alkyl halides is 1. The number of H-pyrrole nitrogens is 1. The third-order valence-corrected chi connectivity index (χ3v) is 4.81. The van der Waals surface area contributed by atoms with Gasteiger partial charge in [-0.05, 0) is 18.2 Å². The highest BCUT2D eigenvalue weighted by molar-refractivity contribution is 9.10. The van der Waals surface area contributed by atoms with Gasteiger partial charge in [0.2, 0.25) is 5.50 Å². The number of nitrogens with one attached hydrogen (secondary N) is 2. The van der Waals surface area contributed by atoms with Crippen LogP contribution in [0.2, 0.25) is 0 Å². The normalized spacial score (nSPS) is 12.5. The summed E-state index contributed by atoms with van der Waals surface area (Å²) < 4.78 is 56.8. The van der Waals surface area contributed by atoms with Crippen LogP contribution in [0.1, 0.15) is 21.4 Å². The minimum absolute atomic E-state index is 0.203. The Balaban J connectivity index is 2.76. The molecule has 1 atom stereocenters. The molecule has 26 heavy (non-hydrogen) atoms. The number of hydrogen-bond acceptors (Lipinski definition) is 6. The number of aromatic nitrogens is 1. The van der Waals surface area contributed by atoms with E-state index in [2.05, 4.69) is 31.0 Å². The molecule has 7 nitrogen and oxygen atoms in total. The number of halogens is 3. The van der Waals surface area contributed by atoms with Gasteiger partial charge in [0.05, 0.1) is 29.6 Å². The van der Waals surface area contributed by atoms with Gasteiger partial charge in [-0.2, -0.15) is 0 Å². The number of pyridine rings is 1. The zero-order chi connectivity index (χ0) is 19.6. The Kier molecular flexibility index (Phi) is 5.81. The molecule has 1 aromatic carbocycles. The molecule has 0 fully saturated rings. The van der Waals surface area contributed by atoms with Gasteiger partial charge in [0.15, 0.2) is 9.84 Å². The van der Waals surface area contributed by atoms with Crippen LogP contribution in [0.4, 0.5) is 20.2 Å². The monoisotopic (exact) mass is 450 g/mol. The van der Waals surface area contributed by atoms with E-state index < -0.39 is 43.9 Å². The Bertz CT molecular complexity index is 1020. The number of esters is 1. The summed E-state index contributed by atoms with van der Waals surface area (Å²) in [5.41, 5.74) is -5.77. The summed E-state index contributed by atoms with van der Waals surface area (Å²) >= 11 is 3.07. The molecule has 11 heteroatoms. The number of ether oxygens (including phenoxy) is 1. The number of sulfone groups is 1. The van der Waals surface area contributed by atoms with E-state index in [0.29, 0.717) is 10.7 Å². The first-order valence-corrected chi connectivity index (χ1v) is 9.70. The third kappa shape index (κ3) is 4.10. The van der Waals surface area contributed by atoms with Crippen molar-refractivity contribution in [3.8, 4) is 0 Å². The fourth-order valence-corrected chi connectivity index (χ4v) is 3.09. The second kappa shape index (κ2) is 7.54. The van der Waals surface area contributed by atoms with Crippen molar-refractivity contribution in [1.82, 2.24) is 4.98 Å². The molecule has 0 amide bonds. The van der Waals surface area contributed by atoms with Gasteiger partial charge >= 0.3 is 5.97 Å². The molecule has 0 spiro atoms. The molecule has 140 valence electrons. The number of methoxy groups -OCH3 is 1. The summed E-state index contributed by atoms with van der Waals surface area (Å²) in [6.45, 7) is 0. The van der Waals surface area contributed by atoms with E-state index in [9.17, 15) is 26.8 Å². The molecule has 1 unspecified atom stereocenters. The van der Waals surface area contributed by atoms with Gasteiger partial charge in [-0.15, -0.1) is 0 Å². The fraction of sp³-hybridized carbons (Fsp3) is 0.200. The molecule has 2 rings (SSSR count). The summed E-state index contributed by atoms with van der Waals surface area (Å²) in [6.07, 6.45) is 1.51. The van der Waals surface area contributed by atoms with Crippen molar-refractivity contribution in [2.24, 2.45) is 0 Å². The molecule has 0 bridgehead atoms. The maximum atomic E-state index is 14.5.